The van der Waals surface area contributed by atoms with Crippen molar-refractivity contribution in [2.45, 2.75) is 13.8 Å². The van der Waals surface area contributed by atoms with E-state index < -0.39 is 0 Å². The topological polar surface area (TPSA) is 84.7 Å². The van der Waals surface area contributed by atoms with Crippen LogP contribution >= 0.6 is 0 Å². The van der Waals surface area contributed by atoms with Crippen LogP contribution in [-0.4, -0.2) is 45.5 Å². The lowest BCUT2D eigenvalue weighted by Gasteiger charge is -2.08. The van der Waals surface area contributed by atoms with Crippen molar-refractivity contribution in [2.75, 3.05) is 19.6 Å². The smallest absolute Gasteiger partial charge is 0.273 e. The Morgan fingerprint density at radius 2 is 2.12 bits per heavy atom. The number of fused-ring (bicyclic) bond motifs is 1. The van der Waals surface area contributed by atoms with Crippen molar-refractivity contribution in [3.63, 3.8) is 0 Å². The van der Waals surface area contributed by atoms with Crippen LogP contribution in [0.25, 0.3) is 16.5 Å². The Labute approximate surface area is 140 Å². The van der Waals surface area contributed by atoms with Crippen molar-refractivity contribution >= 4 is 16.7 Å². The molecule has 0 saturated carbocycles. The standard InChI is InChI=1S/C17H20N6O/c1-3-18-9-10-20-17(24)16-12(2)23(22-21-16)15-6-4-5-13-11-19-8-7-14(13)15/h4-8,11,18H,3,9-10H2,1-2H3,(H,20,24). The van der Waals surface area contributed by atoms with Crippen LogP contribution in [0.15, 0.2) is 36.7 Å². The Bertz CT molecular complexity index is 852. The van der Waals surface area contributed by atoms with Gasteiger partial charge in [-0.15, -0.1) is 5.10 Å². The molecule has 24 heavy (non-hydrogen) atoms. The minimum Gasteiger partial charge on any atom is -0.349 e. The first kappa shape index (κ1) is 16.1. The summed E-state index contributed by atoms with van der Waals surface area (Å²) in [5.74, 6) is -0.210. The summed E-state index contributed by atoms with van der Waals surface area (Å²) in [6.07, 6.45) is 3.55. The molecule has 0 aliphatic heterocycles. The minimum absolute atomic E-state index is 0.210. The third-order valence-corrected chi connectivity index (χ3v) is 3.83. The molecule has 3 rings (SSSR count). The maximum atomic E-state index is 12.3. The third kappa shape index (κ3) is 3.11. The highest BCUT2D eigenvalue weighted by atomic mass is 16.2. The summed E-state index contributed by atoms with van der Waals surface area (Å²) < 4.78 is 1.70. The van der Waals surface area contributed by atoms with Gasteiger partial charge in [0.2, 0.25) is 0 Å². The highest BCUT2D eigenvalue weighted by Crippen LogP contribution is 2.22. The summed E-state index contributed by atoms with van der Waals surface area (Å²) in [7, 11) is 0. The second kappa shape index (κ2) is 7.18. The Morgan fingerprint density at radius 3 is 2.96 bits per heavy atom. The predicted octanol–water partition coefficient (Wildman–Crippen LogP) is 1.46. The molecule has 0 saturated heterocycles. The van der Waals surface area contributed by atoms with E-state index in [9.17, 15) is 4.79 Å². The zero-order valence-corrected chi connectivity index (χ0v) is 13.8. The van der Waals surface area contributed by atoms with Crippen LogP contribution in [0, 0.1) is 6.92 Å². The molecule has 0 aliphatic carbocycles. The van der Waals surface area contributed by atoms with E-state index in [1.807, 2.05) is 38.1 Å². The fourth-order valence-electron chi connectivity index (χ4n) is 2.58. The SMILES string of the molecule is CCNCCNC(=O)c1nnn(-c2cccc3cnccc23)c1C. The zero-order valence-electron chi connectivity index (χ0n) is 13.8. The van der Waals surface area contributed by atoms with Crippen molar-refractivity contribution in [3.05, 3.63) is 48.0 Å². The van der Waals surface area contributed by atoms with Gasteiger partial charge in [0, 0.05) is 36.3 Å². The van der Waals surface area contributed by atoms with Crippen LogP contribution in [0.3, 0.4) is 0 Å². The van der Waals surface area contributed by atoms with Crippen LogP contribution in [0.2, 0.25) is 0 Å². The molecule has 0 fully saturated rings. The van der Waals surface area contributed by atoms with Crippen LogP contribution in [0.5, 0.6) is 0 Å². The van der Waals surface area contributed by atoms with Crippen LogP contribution in [-0.2, 0) is 0 Å². The lowest BCUT2D eigenvalue weighted by atomic mass is 10.1. The summed E-state index contributed by atoms with van der Waals surface area (Å²) in [6.45, 7) is 6.03. The van der Waals surface area contributed by atoms with E-state index in [1.165, 1.54) is 0 Å². The van der Waals surface area contributed by atoms with Crippen molar-refractivity contribution in [3.8, 4) is 5.69 Å². The van der Waals surface area contributed by atoms with E-state index in [4.69, 9.17) is 0 Å². The van der Waals surface area contributed by atoms with E-state index in [2.05, 4.69) is 25.9 Å². The number of nitrogens with zero attached hydrogens (tertiary/aromatic N) is 4. The normalized spacial score (nSPS) is 10.9. The fraction of sp³-hybridized carbons (Fsp3) is 0.294. The average molecular weight is 324 g/mol. The van der Waals surface area contributed by atoms with Crippen molar-refractivity contribution in [1.82, 2.24) is 30.6 Å². The van der Waals surface area contributed by atoms with Gasteiger partial charge in [0.05, 0.1) is 11.4 Å². The van der Waals surface area contributed by atoms with Gasteiger partial charge >= 0.3 is 0 Å². The maximum Gasteiger partial charge on any atom is 0.273 e. The highest BCUT2D eigenvalue weighted by molar-refractivity contribution is 5.94. The van der Waals surface area contributed by atoms with Gasteiger partial charge in [0.1, 0.15) is 0 Å². The second-order valence-electron chi connectivity index (χ2n) is 5.42. The lowest BCUT2D eigenvalue weighted by molar-refractivity contribution is 0.0948. The molecule has 2 aromatic heterocycles. The summed E-state index contributed by atoms with van der Waals surface area (Å²) in [4.78, 5) is 16.4. The first-order valence-corrected chi connectivity index (χ1v) is 7.96. The van der Waals surface area contributed by atoms with E-state index in [-0.39, 0.29) is 5.91 Å². The van der Waals surface area contributed by atoms with E-state index >= 15 is 0 Å². The molecule has 124 valence electrons. The summed E-state index contributed by atoms with van der Waals surface area (Å²) in [5.41, 5.74) is 1.93. The van der Waals surface area contributed by atoms with Crippen LogP contribution < -0.4 is 10.6 Å². The highest BCUT2D eigenvalue weighted by Gasteiger charge is 2.17. The molecule has 0 aliphatic rings. The van der Waals surface area contributed by atoms with Crippen LogP contribution in [0.1, 0.15) is 23.1 Å². The van der Waals surface area contributed by atoms with Gasteiger partial charge in [0.25, 0.3) is 5.91 Å². The largest absolute Gasteiger partial charge is 0.349 e. The number of nitrogens with one attached hydrogen (secondary N) is 2. The fourth-order valence-corrected chi connectivity index (χ4v) is 2.58. The molecule has 2 heterocycles. The predicted molar refractivity (Wildman–Crippen MR) is 92.3 cm³/mol. The van der Waals surface area contributed by atoms with E-state index in [0.29, 0.717) is 17.9 Å². The Balaban J connectivity index is 1.88. The molecule has 1 aromatic carbocycles. The van der Waals surface area contributed by atoms with E-state index in [1.54, 1.807) is 17.1 Å². The van der Waals surface area contributed by atoms with E-state index in [0.717, 1.165) is 29.5 Å². The molecule has 7 nitrogen and oxygen atoms in total. The van der Waals surface area contributed by atoms with Gasteiger partial charge < -0.3 is 10.6 Å². The monoisotopic (exact) mass is 324 g/mol. The molecule has 0 bridgehead atoms. The number of hydrogen-bond acceptors (Lipinski definition) is 5. The first-order valence-electron chi connectivity index (χ1n) is 7.96. The van der Waals surface area contributed by atoms with Gasteiger partial charge in [-0.05, 0) is 25.6 Å². The lowest BCUT2D eigenvalue weighted by Crippen LogP contribution is -2.32. The maximum absolute atomic E-state index is 12.3. The molecule has 7 heteroatoms. The summed E-state index contributed by atoms with van der Waals surface area (Å²) in [5, 5.41) is 16.3. The number of benzene rings is 1. The van der Waals surface area contributed by atoms with Gasteiger partial charge in [-0.1, -0.05) is 24.3 Å². The minimum atomic E-state index is -0.210. The molecule has 3 aromatic rings. The number of aromatic nitrogens is 4. The molecule has 0 atom stereocenters. The Morgan fingerprint density at radius 1 is 1.25 bits per heavy atom. The van der Waals surface area contributed by atoms with Crippen molar-refractivity contribution < 1.29 is 4.79 Å². The first-order chi connectivity index (χ1) is 11.7. The number of amides is 1. The number of carbonyl (C=O) groups excluding carboxylic acids is 1. The Kier molecular flexibility index (Phi) is 4.81. The molecule has 0 spiro atoms. The molecule has 2 N–H and O–H groups in total. The number of likely N-dealkylation sites (N-methyl/N-ethyl adjacent to an activating group) is 1. The quantitative estimate of drug-likeness (QED) is 0.671. The summed E-state index contributed by atoms with van der Waals surface area (Å²) >= 11 is 0. The molecular formula is C17H20N6O. The number of hydrogen-bond donors (Lipinski definition) is 2. The zero-order chi connectivity index (χ0) is 16.9. The van der Waals surface area contributed by atoms with Crippen molar-refractivity contribution in [2.24, 2.45) is 0 Å². The second-order valence-corrected chi connectivity index (χ2v) is 5.42. The number of rotatable bonds is 6. The number of pyridine rings is 1. The molecule has 0 unspecified atom stereocenters. The van der Waals surface area contributed by atoms with Gasteiger partial charge in [-0.3, -0.25) is 9.78 Å². The Hall–Kier alpha value is -2.80. The van der Waals surface area contributed by atoms with Gasteiger partial charge in [-0.25, -0.2) is 4.68 Å². The summed E-state index contributed by atoms with van der Waals surface area (Å²) in [6, 6.07) is 7.82. The number of carbonyl (C=O) groups is 1. The van der Waals surface area contributed by atoms with Crippen LogP contribution in [0.4, 0.5) is 0 Å². The molecule has 0 radical (unpaired) electrons. The van der Waals surface area contributed by atoms with Gasteiger partial charge in [0.15, 0.2) is 5.69 Å². The average Bonchev–Trinajstić information content (AvgIpc) is 2.99. The molecule has 1 amide bonds. The van der Waals surface area contributed by atoms with Gasteiger partial charge in [-0.2, -0.15) is 0 Å². The third-order valence-electron chi connectivity index (χ3n) is 3.83. The molecular weight excluding hydrogens is 304 g/mol. The van der Waals surface area contributed by atoms with Crippen molar-refractivity contribution in [1.29, 1.82) is 0 Å².